The van der Waals surface area contributed by atoms with Gasteiger partial charge in [-0.15, -0.1) is 0 Å². The van der Waals surface area contributed by atoms with Gasteiger partial charge in [-0.1, -0.05) is 91.0 Å². The Balaban J connectivity index is 1.80. The molecular weight excluding hydrogens is 368 g/mol. The minimum absolute atomic E-state index is 0.0725. The van der Waals surface area contributed by atoms with Crippen molar-refractivity contribution in [3.8, 4) is 0 Å². The monoisotopic (exact) mass is 394 g/mol. The molecule has 4 rings (SSSR count). The van der Waals surface area contributed by atoms with Crippen LogP contribution in [0, 0.1) is 0 Å². The Labute approximate surface area is 178 Å². The third kappa shape index (κ3) is 4.20. The van der Waals surface area contributed by atoms with Crippen molar-refractivity contribution in [2.45, 2.75) is 12.0 Å². The van der Waals surface area contributed by atoms with Gasteiger partial charge in [-0.25, -0.2) is 0 Å². The van der Waals surface area contributed by atoms with E-state index in [2.05, 4.69) is 47.8 Å². The SMILES string of the molecule is CN(C)C(=O)[C@H](c1ccccc1)[C@H](Nc1ccc2ccccc2c1)c1ccccc1. The maximum absolute atomic E-state index is 13.3. The average molecular weight is 395 g/mol. The maximum Gasteiger partial charge on any atom is 0.232 e. The molecule has 30 heavy (non-hydrogen) atoms. The van der Waals surface area contributed by atoms with Crippen LogP contribution in [0.5, 0.6) is 0 Å². The van der Waals surface area contributed by atoms with Crippen LogP contribution < -0.4 is 5.32 Å². The summed E-state index contributed by atoms with van der Waals surface area (Å²) in [5.74, 6) is -0.279. The van der Waals surface area contributed by atoms with E-state index < -0.39 is 0 Å². The van der Waals surface area contributed by atoms with E-state index in [-0.39, 0.29) is 17.9 Å². The number of amides is 1. The molecule has 0 aromatic heterocycles. The minimum atomic E-state index is -0.352. The van der Waals surface area contributed by atoms with Crippen molar-refractivity contribution < 1.29 is 4.79 Å². The smallest absolute Gasteiger partial charge is 0.232 e. The number of benzene rings is 4. The third-order valence-corrected chi connectivity index (χ3v) is 5.43. The zero-order valence-corrected chi connectivity index (χ0v) is 17.3. The van der Waals surface area contributed by atoms with Crippen molar-refractivity contribution in [1.29, 1.82) is 0 Å². The predicted molar refractivity (Wildman–Crippen MR) is 125 cm³/mol. The number of carbonyl (C=O) groups is 1. The summed E-state index contributed by atoms with van der Waals surface area (Å²) in [6, 6.07) is 34.7. The molecule has 3 nitrogen and oxygen atoms in total. The lowest BCUT2D eigenvalue weighted by molar-refractivity contribution is -0.130. The van der Waals surface area contributed by atoms with Crippen LogP contribution in [0.2, 0.25) is 0 Å². The van der Waals surface area contributed by atoms with Gasteiger partial charge in [0.1, 0.15) is 0 Å². The number of carbonyl (C=O) groups excluding carboxylic acids is 1. The molecule has 0 fully saturated rings. The number of hydrogen-bond donors (Lipinski definition) is 1. The number of fused-ring (bicyclic) bond motifs is 1. The number of nitrogens with one attached hydrogen (secondary N) is 1. The summed E-state index contributed by atoms with van der Waals surface area (Å²) in [6.45, 7) is 0. The maximum atomic E-state index is 13.3. The van der Waals surface area contributed by atoms with Crippen LogP contribution in [-0.4, -0.2) is 24.9 Å². The second-order valence-corrected chi connectivity index (χ2v) is 7.72. The highest BCUT2D eigenvalue weighted by molar-refractivity contribution is 5.87. The third-order valence-electron chi connectivity index (χ3n) is 5.43. The molecule has 2 atom stereocenters. The Bertz CT molecular complexity index is 1120. The van der Waals surface area contributed by atoms with Gasteiger partial charge in [0.25, 0.3) is 0 Å². The van der Waals surface area contributed by atoms with Crippen molar-refractivity contribution in [3.05, 3.63) is 114 Å². The molecule has 0 saturated heterocycles. The first-order chi connectivity index (χ1) is 14.6. The van der Waals surface area contributed by atoms with Gasteiger partial charge in [0.05, 0.1) is 12.0 Å². The molecule has 4 aromatic carbocycles. The second-order valence-electron chi connectivity index (χ2n) is 7.72. The van der Waals surface area contributed by atoms with Crippen LogP contribution >= 0.6 is 0 Å². The zero-order chi connectivity index (χ0) is 20.9. The molecule has 150 valence electrons. The summed E-state index contributed by atoms with van der Waals surface area (Å²) >= 11 is 0. The summed E-state index contributed by atoms with van der Waals surface area (Å²) in [5, 5.41) is 6.04. The lowest BCUT2D eigenvalue weighted by atomic mass is 9.85. The van der Waals surface area contributed by atoms with Crippen molar-refractivity contribution in [2.24, 2.45) is 0 Å². The molecule has 0 aliphatic heterocycles. The van der Waals surface area contributed by atoms with Gasteiger partial charge >= 0.3 is 0 Å². The fourth-order valence-corrected chi connectivity index (χ4v) is 3.89. The van der Waals surface area contributed by atoms with Crippen LogP contribution in [0.15, 0.2) is 103 Å². The molecule has 1 amide bonds. The highest BCUT2D eigenvalue weighted by Gasteiger charge is 2.32. The molecule has 3 heteroatoms. The Kier molecular flexibility index (Phi) is 5.80. The molecule has 0 unspecified atom stereocenters. The first-order valence-electron chi connectivity index (χ1n) is 10.2. The molecule has 0 aliphatic carbocycles. The van der Waals surface area contributed by atoms with Crippen molar-refractivity contribution in [1.82, 2.24) is 4.90 Å². The molecule has 1 N–H and O–H groups in total. The first-order valence-corrected chi connectivity index (χ1v) is 10.2. The van der Waals surface area contributed by atoms with Gasteiger partial charge in [0.2, 0.25) is 5.91 Å². The van der Waals surface area contributed by atoms with Crippen LogP contribution in [0.25, 0.3) is 10.8 Å². The van der Waals surface area contributed by atoms with E-state index >= 15 is 0 Å². The average Bonchev–Trinajstić information content (AvgIpc) is 2.79. The molecule has 4 aromatic rings. The molecule has 0 radical (unpaired) electrons. The van der Waals surface area contributed by atoms with Crippen LogP contribution in [0.1, 0.15) is 23.1 Å². The zero-order valence-electron chi connectivity index (χ0n) is 17.3. The summed E-state index contributed by atoms with van der Waals surface area (Å²) in [4.78, 5) is 15.0. The fraction of sp³-hybridized carbons (Fsp3) is 0.148. The van der Waals surface area contributed by atoms with Crippen molar-refractivity contribution in [2.75, 3.05) is 19.4 Å². The van der Waals surface area contributed by atoms with E-state index in [9.17, 15) is 4.79 Å². The Hall–Kier alpha value is -3.59. The van der Waals surface area contributed by atoms with E-state index in [0.717, 1.165) is 16.8 Å². The topological polar surface area (TPSA) is 32.3 Å². The standard InChI is InChI=1S/C27H26N2O/c1-29(2)27(30)25(21-12-5-3-6-13-21)26(22-14-7-4-8-15-22)28-24-18-17-20-11-9-10-16-23(20)19-24/h3-19,25-26,28H,1-2H3/t25-,26-/m1/s1. The van der Waals surface area contributed by atoms with Gasteiger partial charge < -0.3 is 10.2 Å². The summed E-state index contributed by atoms with van der Waals surface area (Å²) in [6.07, 6.45) is 0. The Morgan fingerprint density at radius 1 is 0.700 bits per heavy atom. The first kappa shape index (κ1) is 19.7. The van der Waals surface area contributed by atoms with E-state index in [1.54, 1.807) is 4.90 Å². The fourth-order valence-electron chi connectivity index (χ4n) is 3.89. The highest BCUT2D eigenvalue weighted by atomic mass is 16.2. The number of anilines is 1. The molecule has 0 aliphatic rings. The Morgan fingerprint density at radius 3 is 1.90 bits per heavy atom. The van der Waals surface area contributed by atoms with Gasteiger partial charge in [0, 0.05) is 19.8 Å². The van der Waals surface area contributed by atoms with Crippen molar-refractivity contribution in [3.63, 3.8) is 0 Å². The minimum Gasteiger partial charge on any atom is -0.377 e. The number of rotatable bonds is 6. The molecule has 0 heterocycles. The van der Waals surface area contributed by atoms with E-state index in [1.165, 1.54) is 10.8 Å². The predicted octanol–water partition coefficient (Wildman–Crippen LogP) is 5.87. The van der Waals surface area contributed by atoms with Crippen molar-refractivity contribution >= 4 is 22.4 Å². The quantitative estimate of drug-likeness (QED) is 0.444. The lowest BCUT2D eigenvalue weighted by Crippen LogP contribution is -2.34. The van der Waals surface area contributed by atoms with Gasteiger partial charge in [-0.2, -0.15) is 0 Å². The van der Waals surface area contributed by atoms with E-state index in [4.69, 9.17) is 0 Å². The molecule has 0 saturated carbocycles. The Morgan fingerprint density at radius 2 is 1.27 bits per heavy atom. The number of likely N-dealkylation sites (N-methyl/N-ethyl adjacent to an activating group) is 1. The summed E-state index contributed by atoms with van der Waals surface area (Å²) in [7, 11) is 3.63. The van der Waals surface area contributed by atoms with Gasteiger partial charge in [-0.05, 0) is 34.0 Å². The summed E-state index contributed by atoms with van der Waals surface area (Å²) in [5.41, 5.74) is 3.07. The lowest BCUT2D eigenvalue weighted by Gasteiger charge is -2.31. The van der Waals surface area contributed by atoms with Crippen LogP contribution in [0.4, 0.5) is 5.69 Å². The largest absolute Gasteiger partial charge is 0.377 e. The van der Waals surface area contributed by atoms with Gasteiger partial charge in [-0.3, -0.25) is 4.79 Å². The van der Waals surface area contributed by atoms with E-state index in [1.807, 2.05) is 74.8 Å². The van der Waals surface area contributed by atoms with Crippen LogP contribution in [0.3, 0.4) is 0 Å². The van der Waals surface area contributed by atoms with Crippen LogP contribution in [-0.2, 0) is 4.79 Å². The van der Waals surface area contributed by atoms with E-state index in [0.29, 0.717) is 0 Å². The number of hydrogen-bond acceptors (Lipinski definition) is 2. The normalized spacial score (nSPS) is 12.9. The molecule has 0 bridgehead atoms. The second kappa shape index (κ2) is 8.83. The molecule has 0 spiro atoms. The van der Waals surface area contributed by atoms with Gasteiger partial charge in [0.15, 0.2) is 0 Å². The summed E-state index contributed by atoms with van der Waals surface area (Å²) < 4.78 is 0. The number of nitrogens with zero attached hydrogens (tertiary/aromatic N) is 1. The molecular formula is C27H26N2O. The highest BCUT2D eigenvalue weighted by Crippen LogP contribution is 2.36.